The number of nitrogens with zero attached hydrogens (tertiary/aromatic N) is 3. The average Bonchev–Trinajstić information content (AvgIpc) is 2.94. The topological polar surface area (TPSA) is 93.8 Å². The molecule has 0 atom stereocenters. The highest BCUT2D eigenvalue weighted by molar-refractivity contribution is 7.15. The number of nitrogens with one attached hydrogen (secondary N) is 1. The molecule has 0 unspecified atom stereocenters. The van der Waals surface area contributed by atoms with Gasteiger partial charge in [-0.25, -0.2) is 4.98 Å². The molecule has 3 rings (SSSR count). The molecule has 7 heteroatoms. The smallest absolute Gasteiger partial charge is 0.258 e. The second-order valence-corrected chi connectivity index (χ2v) is 5.48. The van der Waals surface area contributed by atoms with Crippen LogP contribution in [0.5, 0.6) is 0 Å². The lowest BCUT2D eigenvalue weighted by atomic mass is 10.1. The van der Waals surface area contributed by atoms with Crippen LogP contribution in [-0.4, -0.2) is 21.1 Å². The standard InChI is InChI=1S/C14H13N5OS/c1-2-12-18-19-14(21-12)17-13(20)9-7-11(15)16-10-6-4-3-5-8(9)10/h3-7H,2H2,1H3,(H2,15,16)(H,17,19,20). The van der Waals surface area contributed by atoms with Crippen molar-refractivity contribution < 1.29 is 4.79 Å². The summed E-state index contributed by atoms with van der Waals surface area (Å²) in [5, 5.41) is 12.8. The number of anilines is 2. The third-order valence-corrected chi connectivity index (χ3v) is 3.95. The van der Waals surface area contributed by atoms with Gasteiger partial charge in [0.1, 0.15) is 10.8 Å². The van der Waals surface area contributed by atoms with Gasteiger partial charge in [-0.05, 0) is 18.6 Å². The number of amides is 1. The number of carbonyl (C=O) groups excluding carboxylic acids is 1. The monoisotopic (exact) mass is 299 g/mol. The number of aryl methyl sites for hydroxylation is 1. The van der Waals surface area contributed by atoms with Crippen molar-refractivity contribution in [1.82, 2.24) is 15.2 Å². The SMILES string of the molecule is CCc1nnc(NC(=O)c2cc(N)nc3ccccc23)s1. The predicted octanol–water partition coefficient (Wildman–Crippen LogP) is 2.48. The summed E-state index contributed by atoms with van der Waals surface area (Å²) >= 11 is 1.36. The molecule has 0 aliphatic rings. The van der Waals surface area contributed by atoms with Crippen LogP contribution in [-0.2, 0) is 6.42 Å². The van der Waals surface area contributed by atoms with Crippen molar-refractivity contribution >= 4 is 39.1 Å². The van der Waals surface area contributed by atoms with Crippen molar-refractivity contribution in [3.05, 3.63) is 40.9 Å². The minimum Gasteiger partial charge on any atom is -0.384 e. The third kappa shape index (κ3) is 2.68. The first-order valence-electron chi connectivity index (χ1n) is 6.46. The first-order valence-corrected chi connectivity index (χ1v) is 7.28. The number of rotatable bonds is 3. The largest absolute Gasteiger partial charge is 0.384 e. The average molecular weight is 299 g/mol. The molecule has 2 heterocycles. The molecular weight excluding hydrogens is 286 g/mol. The summed E-state index contributed by atoms with van der Waals surface area (Å²) in [4.78, 5) is 16.6. The molecule has 0 saturated carbocycles. The van der Waals surface area contributed by atoms with Crippen molar-refractivity contribution in [3.8, 4) is 0 Å². The summed E-state index contributed by atoms with van der Waals surface area (Å²) < 4.78 is 0. The Morgan fingerprint density at radius 3 is 2.90 bits per heavy atom. The number of benzene rings is 1. The molecule has 6 nitrogen and oxygen atoms in total. The van der Waals surface area contributed by atoms with Crippen molar-refractivity contribution in [3.63, 3.8) is 0 Å². The van der Waals surface area contributed by atoms with E-state index in [9.17, 15) is 4.79 Å². The second kappa shape index (κ2) is 5.45. The number of pyridine rings is 1. The van der Waals surface area contributed by atoms with Crippen LogP contribution < -0.4 is 11.1 Å². The highest BCUT2D eigenvalue weighted by atomic mass is 32.1. The van der Waals surface area contributed by atoms with Crippen molar-refractivity contribution in [2.45, 2.75) is 13.3 Å². The molecule has 0 bridgehead atoms. The zero-order valence-corrected chi connectivity index (χ0v) is 12.1. The van der Waals surface area contributed by atoms with Gasteiger partial charge in [-0.2, -0.15) is 0 Å². The summed E-state index contributed by atoms with van der Waals surface area (Å²) in [5.74, 6) is 0.0458. The lowest BCUT2D eigenvalue weighted by molar-refractivity contribution is 0.102. The van der Waals surface area contributed by atoms with E-state index in [-0.39, 0.29) is 5.91 Å². The maximum Gasteiger partial charge on any atom is 0.258 e. The van der Waals surface area contributed by atoms with Gasteiger partial charge < -0.3 is 5.73 Å². The molecule has 0 aliphatic heterocycles. The molecule has 0 spiro atoms. The minimum absolute atomic E-state index is 0.265. The summed E-state index contributed by atoms with van der Waals surface area (Å²) in [6, 6.07) is 8.95. The Kier molecular flexibility index (Phi) is 3.49. The van der Waals surface area contributed by atoms with Crippen molar-refractivity contribution in [2.24, 2.45) is 0 Å². The van der Waals surface area contributed by atoms with E-state index in [4.69, 9.17) is 5.73 Å². The number of carbonyl (C=O) groups is 1. The van der Waals surface area contributed by atoms with Gasteiger partial charge >= 0.3 is 0 Å². The van der Waals surface area contributed by atoms with Crippen LogP contribution >= 0.6 is 11.3 Å². The molecule has 0 aliphatic carbocycles. The summed E-state index contributed by atoms with van der Waals surface area (Å²) in [5.41, 5.74) is 6.93. The molecule has 0 fully saturated rings. The lowest BCUT2D eigenvalue weighted by Gasteiger charge is -2.06. The number of hydrogen-bond donors (Lipinski definition) is 2. The molecular formula is C14H13N5OS. The van der Waals surface area contributed by atoms with Gasteiger partial charge in [0, 0.05) is 5.39 Å². The first kappa shape index (κ1) is 13.4. The Hall–Kier alpha value is -2.54. The highest BCUT2D eigenvalue weighted by Gasteiger charge is 2.14. The number of hydrogen-bond acceptors (Lipinski definition) is 6. The number of nitrogens with two attached hydrogens (primary N) is 1. The van der Waals surface area contributed by atoms with E-state index < -0.39 is 0 Å². The van der Waals surface area contributed by atoms with Crippen LogP contribution in [0.25, 0.3) is 10.9 Å². The van der Waals surface area contributed by atoms with Gasteiger partial charge in [0.05, 0.1) is 11.1 Å². The highest BCUT2D eigenvalue weighted by Crippen LogP contribution is 2.22. The maximum absolute atomic E-state index is 12.4. The molecule has 1 amide bonds. The number of para-hydroxylation sites is 1. The van der Waals surface area contributed by atoms with Gasteiger partial charge in [0.15, 0.2) is 0 Å². The van der Waals surface area contributed by atoms with Crippen LogP contribution in [0.3, 0.4) is 0 Å². The molecule has 0 saturated heterocycles. The van der Waals surface area contributed by atoms with Crippen LogP contribution in [0.4, 0.5) is 10.9 Å². The van der Waals surface area contributed by atoms with E-state index in [0.29, 0.717) is 22.0 Å². The molecule has 1 aromatic carbocycles. The van der Waals surface area contributed by atoms with E-state index in [2.05, 4.69) is 20.5 Å². The fourth-order valence-electron chi connectivity index (χ4n) is 2.00. The molecule has 3 aromatic rings. The Morgan fingerprint density at radius 2 is 2.14 bits per heavy atom. The van der Waals surface area contributed by atoms with E-state index in [1.54, 1.807) is 6.07 Å². The number of aromatic nitrogens is 3. The van der Waals surface area contributed by atoms with E-state index in [1.807, 2.05) is 31.2 Å². The van der Waals surface area contributed by atoms with Gasteiger partial charge in [-0.15, -0.1) is 10.2 Å². The van der Waals surface area contributed by atoms with Crippen LogP contribution in [0, 0.1) is 0 Å². The summed E-state index contributed by atoms with van der Waals surface area (Å²) in [7, 11) is 0. The Labute approximate surface area is 125 Å². The van der Waals surface area contributed by atoms with E-state index in [0.717, 1.165) is 16.8 Å². The Bertz CT molecular complexity index is 814. The van der Waals surface area contributed by atoms with Crippen LogP contribution in [0.15, 0.2) is 30.3 Å². The normalized spacial score (nSPS) is 10.7. The van der Waals surface area contributed by atoms with Gasteiger partial charge in [-0.1, -0.05) is 36.5 Å². The fraction of sp³-hybridized carbons (Fsp3) is 0.143. The molecule has 0 radical (unpaired) electrons. The molecule has 106 valence electrons. The molecule has 3 N–H and O–H groups in total. The Balaban J connectivity index is 1.97. The third-order valence-electron chi connectivity index (χ3n) is 2.97. The minimum atomic E-state index is -0.265. The predicted molar refractivity (Wildman–Crippen MR) is 83.4 cm³/mol. The van der Waals surface area contributed by atoms with Crippen LogP contribution in [0.2, 0.25) is 0 Å². The van der Waals surface area contributed by atoms with E-state index in [1.165, 1.54) is 11.3 Å². The van der Waals surface area contributed by atoms with Gasteiger partial charge in [-0.3, -0.25) is 10.1 Å². The molecule has 21 heavy (non-hydrogen) atoms. The Morgan fingerprint density at radius 1 is 1.33 bits per heavy atom. The maximum atomic E-state index is 12.4. The molecule has 2 aromatic heterocycles. The van der Waals surface area contributed by atoms with Crippen molar-refractivity contribution in [1.29, 1.82) is 0 Å². The van der Waals surface area contributed by atoms with Crippen LogP contribution in [0.1, 0.15) is 22.3 Å². The number of fused-ring (bicyclic) bond motifs is 1. The van der Waals surface area contributed by atoms with Crippen molar-refractivity contribution in [2.75, 3.05) is 11.1 Å². The second-order valence-electron chi connectivity index (χ2n) is 4.42. The van der Waals surface area contributed by atoms with Gasteiger partial charge in [0.2, 0.25) is 5.13 Å². The zero-order chi connectivity index (χ0) is 14.8. The zero-order valence-electron chi connectivity index (χ0n) is 11.3. The number of nitrogen functional groups attached to an aromatic ring is 1. The first-order chi connectivity index (χ1) is 10.2. The fourth-order valence-corrected chi connectivity index (χ4v) is 2.67. The van der Waals surface area contributed by atoms with Gasteiger partial charge in [0.25, 0.3) is 5.91 Å². The summed E-state index contributed by atoms with van der Waals surface area (Å²) in [6.07, 6.45) is 0.790. The lowest BCUT2D eigenvalue weighted by Crippen LogP contribution is -2.13. The van der Waals surface area contributed by atoms with E-state index >= 15 is 0 Å². The quantitative estimate of drug-likeness (QED) is 0.775. The summed E-state index contributed by atoms with van der Waals surface area (Å²) in [6.45, 7) is 1.99.